The highest BCUT2D eigenvalue weighted by molar-refractivity contribution is 14.0. The molecule has 0 amide bonds. The van der Waals surface area contributed by atoms with Gasteiger partial charge in [0.1, 0.15) is 6.61 Å². The second-order valence-electron chi connectivity index (χ2n) is 6.62. The lowest BCUT2D eigenvalue weighted by Gasteiger charge is -2.19. The molecule has 0 bridgehead atoms. The number of nitrogens with zero attached hydrogens (tertiary/aromatic N) is 1. The van der Waals surface area contributed by atoms with Crippen LogP contribution < -0.4 is 20.1 Å². The molecule has 1 aromatic carbocycles. The standard InChI is InChI=1S/C20H33N3O5.HI/c1-4-21-20(23-15(2)13-28-17-7-9-26-14-17)22-12-16-5-6-18(27-10-8-24)19(11-16)25-3;/h5-6,11,15,17,24H,4,7-10,12-14H2,1-3H3,(H2,21,22,23);1H. The van der Waals surface area contributed by atoms with Crippen molar-refractivity contribution in [3.63, 3.8) is 0 Å². The number of ether oxygens (including phenoxy) is 4. The highest BCUT2D eigenvalue weighted by Crippen LogP contribution is 2.28. The summed E-state index contributed by atoms with van der Waals surface area (Å²) in [5.74, 6) is 1.97. The van der Waals surface area contributed by atoms with E-state index in [0.717, 1.165) is 31.1 Å². The van der Waals surface area contributed by atoms with Crippen LogP contribution in [0.25, 0.3) is 0 Å². The third-order valence-corrected chi connectivity index (χ3v) is 4.19. The molecule has 1 aromatic rings. The first-order valence-corrected chi connectivity index (χ1v) is 9.81. The molecular formula is C20H34IN3O5. The number of guanidine groups is 1. The molecular weight excluding hydrogens is 489 g/mol. The molecule has 1 saturated heterocycles. The first-order chi connectivity index (χ1) is 13.7. The molecule has 1 aliphatic heterocycles. The predicted molar refractivity (Wildman–Crippen MR) is 124 cm³/mol. The second kappa shape index (κ2) is 14.6. The molecule has 0 aliphatic carbocycles. The van der Waals surface area contributed by atoms with Gasteiger partial charge in [0, 0.05) is 19.2 Å². The van der Waals surface area contributed by atoms with Crippen LogP contribution in [-0.4, -0.2) is 69.9 Å². The van der Waals surface area contributed by atoms with Crippen molar-refractivity contribution in [3.8, 4) is 11.5 Å². The van der Waals surface area contributed by atoms with Crippen LogP contribution in [0.1, 0.15) is 25.8 Å². The minimum absolute atomic E-state index is 0. The normalized spacial score (nSPS) is 17.4. The third kappa shape index (κ3) is 9.37. The molecule has 1 fully saturated rings. The lowest BCUT2D eigenvalue weighted by Crippen LogP contribution is -2.44. The molecule has 2 unspecified atom stereocenters. The molecule has 0 aromatic heterocycles. The van der Waals surface area contributed by atoms with Gasteiger partial charge in [-0.15, -0.1) is 24.0 Å². The molecule has 0 spiro atoms. The van der Waals surface area contributed by atoms with Gasteiger partial charge in [-0.2, -0.15) is 0 Å². The van der Waals surface area contributed by atoms with Gasteiger partial charge in [0.25, 0.3) is 0 Å². The SMILES string of the molecule is CCNC(=NCc1ccc(OCCO)c(OC)c1)NC(C)COC1CCOC1.I. The van der Waals surface area contributed by atoms with Gasteiger partial charge < -0.3 is 34.7 Å². The van der Waals surface area contributed by atoms with E-state index in [4.69, 9.17) is 24.1 Å². The molecule has 9 heteroatoms. The topological polar surface area (TPSA) is 93.6 Å². The fraction of sp³-hybridized carbons (Fsp3) is 0.650. The fourth-order valence-corrected chi connectivity index (χ4v) is 2.78. The van der Waals surface area contributed by atoms with Gasteiger partial charge in [0.2, 0.25) is 0 Å². The van der Waals surface area contributed by atoms with E-state index in [1.54, 1.807) is 7.11 Å². The van der Waals surface area contributed by atoms with Crippen LogP contribution in [0, 0.1) is 0 Å². The second-order valence-corrected chi connectivity index (χ2v) is 6.62. The van der Waals surface area contributed by atoms with Crippen LogP contribution >= 0.6 is 24.0 Å². The van der Waals surface area contributed by atoms with Crippen LogP contribution in [0.2, 0.25) is 0 Å². The average Bonchev–Trinajstić information content (AvgIpc) is 3.23. The van der Waals surface area contributed by atoms with Gasteiger partial charge >= 0.3 is 0 Å². The molecule has 1 heterocycles. The Balaban J connectivity index is 0.00000420. The number of halogens is 1. The van der Waals surface area contributed by atoms with E-state index in [1.165, 1.54) is 0 Å². The van der Waals surface area contributed by atoms with E-state index in [1.807, 2.05) is 25.1 Å². The summed E-state index contributed by atoms with van der Waals surface area (Å²) < 4.78 is 22.0. The maximum atomic E-state index is 8.90. The van der Waals surface area contributed by atoms with Gasteiger partial charge in [0.05, 0.1) is 39.6 Å². The first kappa shape index (κ1) is 25.7. The van der Waals surface area contributed by atoms with Crippen molar-refractivity contribution in [1.29, 1.82) is 0 Å². The molecule has 3 N–H and O–H groups in total. The van der Waals surface area contributed by atoms with E-state index in [-0.39, 0.29) is 49.3 Å². The molecule has 2 rings (SSSR count). The summed E-state index contributed by atoms with van der Waals surface area (Å²) in [6.07, 6.45) is 1.16. The van der Waals surface area contributed by atoms with Gasteiger partial charge in [-0.1, -0.05) is 6.07 Å². The Morgan fingerprint density at radius 3 is 2.86 bits per heavy atom. The van der Waals surface area contributed by atoms with Crippen LogP contribution in [0.4, 0.5) is 0 Å². The van der Waals surface area contributed by atoms with Crippen molar-refractivity contribution in [3.05, 3.63) is 23.8 Å². The van der Waals surface area contributed by atoms with Gasteiger partial charge in [-0.3, -0.25) is 0 Å². The van der Waals surface area contributed by atoms with E-state index in [2.05, 4.69) is 22.5 Å². The lowest BCUT2D eigenvalue weighted by molar-refractivity contribution is 0.0347. The van der Waals surface area contributed by atoms with Crippen molar-refractivity contribution in [2.75, 3.05) is 46.7 Å². The Morgan fingerprint density at radius 1 is 1.38 bits per heavy atom. The van der Waals surface area contributed by atoms with E-state index in [9.17, 15) is 0 Å². The zero-order chi connectivity index (χ0) is 20.2. The molecule has 8 nitrogen and oxygen atoms in total. The van der Waals surface area contributed by atoms with E-state index >= 15 is 0 Å². The molecule has 0 radical (unpaired) electrons. The Bertz CT molecular complexity index is 612. The number of nitrogens with one attached hydrogen (secondary N) is 2. The molecule has 29 heavy (non-hydrogen) atoms. The average molecular weight is 523 g/mol. The number of hydrogen-bond acceptors (Lipinski definition) is 6. The minimum atomic E-state index is -0.0391. The van der Waals surface area contributed by atoms with Crippen LogP contribution in [-0.2, 0) is 16.0 Å². The van der Waals surface area contributed by atoms with Gasteiger partial charge in [0.15, 0.2) is 17.5 Å². The lowest BCUT2D eigenvalue weighted by atomic mass is 10.2. The summed E-state index contributed by atoms with van der Waals surface area (Å²) in [7, 11) is 1.59. The zero-order valence-corrected chi connectivity index (χ0v) is 19.8. The van der Waals surface area contributed by atoms with Crippen molar-refractivity contribution in [1.82, 2.24) is 10.6 Å². The monoisotopic (exact) mass is 523 g/mol. The van der Waals surface area contributed by atoms with Gasteiger partial charge in [-0.25, -0.2) is 4.99 Å². The highest BCUT2D eigenvalue weighted by Gasteiger charge is 2.17. The predicted octanol–water partition coefficient (Wildman–Crippen LogP) is 1.93. The van der Waals surface area contributed by atoms with Crippen molar-refractivity contribution in [2.24, 2.45) is 4.99 Å². The maximum absolute atomic E-state index is 8.90. The Morgan fingerprint density at radius 2 is 2.21 bits per heavy atom. The number of aliphatic hydroxyl groups is 1. The fourth-order valence-electron chi connectivity index (χ4n) is 2.78. The Kier molecular flexibility index (Phi) is 13.0. The molecule has 0 saturated carbocycles. The number of aliphatic imine (C=N–C) groups is 1. The number of aliphatic hydroxyl groups excluding tert-OH is 1. The van der Waals surface area contributed by atoms with E-state index < -0.39 is 0 Å². The number of rotatable bonds is 11. The minimum Gasteiger partial charge on any atom is -0.493 e. The summed E-state index contributed by atoms with van der Waals surface area (Å²) in [5.41, 5.74) is 0.998. The molecule has 1 aliphatic rings. The largest absolute Gasteiger partial charge is 0.493 e. The summed E-state index contributed by atoms with van der Waals surface area (Å²) in [5, 5.41) is 15.5. The van der Waals surface area contributed by atoms with Crippen molar-refractivity contribution in [2.45, 2.75) is 39.0 Å². The zero-order valence-electron chi connectivity index (χ0n) is 17.5. The summed E-state index contributed by atoms with van der Waals surface area (Å²) >= 11 is 0. The Hall–Kier alpha value is -1.30. The van der Waals surface area contributed by atoms with Crippen molar-refractivity contribution >= 4 is 29.9 Å². The highest BCUT2D eigenvalue weighted by atomic mass is 127. The summed E-state index contributed by atoms with van der Waals surface area (Å²) in [4.78, 5) is 4.65. The smallest absolute Gasteiger partial charge is 0.191 e. The quantitative estimate of drug-likeness (QED) is 0.232. The summed E-state index contributed by atoms with van der Waals surface area (Å²) in [6, 6.07) is 5.79. The maximum Gasteiger partial charge on any atom is 0.191 e. The summed E-state index contributed by atoms with van der Waals surface area (Å²) in [6.45, 7) is 7.62. The molecule has 166 valence electrons. The van der Waals surface area contributed by atoms with Gasteiger partial charge in [-0.05, 0) is 38.0 Å². The third-order valence-electron chi connectivity index (χ3n) is 4.19. The van der Waals surface area contributed by atoms with Crippen LogP contribution in [0.3, 0.4) is 0 Å². The number of hydrogen-bond donors (Lipinski definition) is 3. The first-order valence-electron chi connectivity index (χ1n) is 9.81. The van der Waals surface area contributed by atoms with E-state index in [0.29, 0.717) is 31.3 Å². The number of methoxy groups -OCH3 is 1. The van der Waals surface area contributed by atoms with Crippen LogP contribution in [0.15, 0.2) is 23.2 Å². The molecule has 2 atom stereocenters. The van der Waals surface area contributed by atoms with Crippen molar-refractivity contribution < 1.29 is 24.1 Å². The van der Waals surface area contributed by atoms with Crippen LogP contribution in [0.5, 0.6) is 11.5 Å². The Labute approximate surface area is 190 Å². The number of benzene rings is 1.